The Labute approximate surface area is 138 Å². The summed E-state index contributed by atoms with van der Waals surface area (Å²) < 4.78 is 36.8. The predicted octanol–water partition coefficient (Wildman–Crippen LogP) is 1.36. The minimum atomic E-state index is -5.31. The first-order valence-electron chi connectivity index (χ1n) is 6.57. The number of anilines is 1. The van der Waals surface area contributed by atoms with Crippen molar-refractivity contribution in [3.8, 4) is 0 Å². The molecule has 0 fully saturated rings. The number of carbonyl (C=O) groups excluding carboxylic acids is 2. The molecule has 0 saturated heterocycles. The number of nitrogens with zero attached hydrogens (tertiary/aromatic N) is 1. The Balaban J connectivity index is 3.02. The fraction of sp³-hybridized carbons (Fsp3) is 0.308. The lowest BCUT2D eigenvalue weighted by molar-refractivity contribution is -0.384. The first kappa shape index (κ1) is 19.9. The lowest BCUT2D eigenvalue weighted by Gasteiger charge is -2.18. The van der Waals surface area contributed by atoms with Crippen LogP contribution in [0.4, 0.5) is 24.5 Å². The van der Waals surface area contributed by atoms with Gasteiger partial charge in [0, 0.05) is 12.1 Å². The highest BCUT2D eigenvalue weighted by atomic mass is 19.4. The number of nitro benzene ring substituents is 1. The van der Waals surface area contributed by atoms with Gasteiger partial charge >= 0.3 is 18.1 Å². The summed E-state index contributed by atoms with van der Waals surface area (Å²) in [7, 11) is 0. The predicted molar refractivity (Wildman–Crippen MR) is 76.7 cm³/mol. The van der Waals surface area contributed by atoms with E-state index >= 15 is 0 Å². The minimum Gasteiger partial charge on any atom is -0.481 e. The lowest BCUT2D eigenvalue weighted by atomic mass is 10.1. The summed E-state index contributed by atoms with van der Waals surface area (Å²) in [4.78, 5) is 43.6. The van der Waals surface area contributed by atoms with Crippen LogP contribution in [0.3, 0.4) is 0 Å². The normalized spacial score (nSPS) is 12.2. The number of benzene rings is 1. The van der Waals surface area contributed by atoms with Crippen molar-refractivity contribution >= 4 is 29.2 Å². The van der Waals surface area contributed by atoms with Crippen LogP contribution >= 0.6 is 0 Å². The molecule has 0 aliphatic carbocycles. The van der Waals surface area contributed by atoms with Crippen molar-refractivity contribution in [3.63, 3.8) is 0 Å². The zero-order valence-corrected chi connectivity index (χ0v) is 12.6. The zero-order chi connectivity index (χ0) is 19.4. The smallest absolute Gasteiger partial charge is 0.471 e. The first-order valence-corrected chi connectivity index (χ1v) is 6.57. The van der Waals surface area contributed by atoms with Crippen molar-refractivity contribution in [2.45, 2.75) is 25.6 Å². The molecule has 12 heteroatoms. The van der Waals surface area contributed by atoms with Gasteiger partial charge in [-0.1, -0.05) is 6.07 Å². The van der Waals surface area contributed by atoms with Gasteiger partial charge in [-0.2, -0.15) is 13.2 Å². The maximum absolute atomic E-state index is 12.3. The SMILES string of the molecule is Cc1ccc([N+](=O)[O-])cc1NC(=O)C(CC(=O)O)NC(=O)C(F)(F)F. The van der Waals surface area contributed by atoms with Crippen LogP contribution in [-0.4, -0.2) is 40.0 Å². The Bertz CT molecular complexity index is 719. The average molecular weight is 363 g/mol. The molecule has 2 amide bonds. The minimum absolute atomic E-state index is 0.101. The fourth-order valence-electron chi connectivity index (χ4n) is 1.70. The van der Waals surface area contributed by atoms with Crippen LogP contribution in [-0.2, 0) is 14.4 Å². The molecule has 0 bridgehead atoms. The van der Waals surface area contributed by atoms with Crippen molar-refractivity contribution in [1.29, 1.82) is 0 Å². The number of halogens is 3. The van der Waals surface area contributed by atoms with E-state index in [9.17, 15) is 37.7 Å². The maximum Gasteiger partial charge on any atom is 0.471 e. The molecule has 0 aromatic heterocycles. The van der Waals surface area contributed by atoms with E-state index in [0.29, 0.717) is 5.56 Å². The monoisotopic (exact) mass is 363 g/mol. The summed E-state index contributed by atoms with van der Waals surface area (Å²) in [6, 6.07) is 1.36. The lowest BCUT2D eigenvalue weighted by Crippen LogP contribution is -2.49. The second kappa shape index (κ2) is 7.59. The highest BCUT2D eigenvalue weighted by Gasteiger charge is 2.41. The highest BCUT2D eigenvalue weighted by Crippen LogP contribution is 2.22. The standard InChI is InChI=1S/C13H12F3N3O6/c1-6-2-3-7(19(24)25)4-8(6)17-11(22)9(5-10(20)21)18-12(23)13(14,15)16/h2-4,9H,5H2,1H3,(H,17,22)(H,18,23)(H,20,21). The van der Waals surface area contributed by atoms with Crippen LogP contribution in [0.1, 0.15) is 12.0 Å². The summed E-state index contributed by atoms with van der Waals surface area (Å²) in [5.74, 6) is -5.37. The molecular formula is C13H12F3N3O6. The van der Waals surface area contributed by atoms with Crippen molar-refractivity contribution < 1.29 is 37.6 Å². The number of non-ortho nitro benzene ring substituents is 1. The summed E-state index contributed by atoms with van der Waals surface area (Å²) in [6.45, 7) is 1.46. The van der Waals surface area contributed by atoms with E-state index in [1.807, 2.05) is 0 Å². The third-order valence-electron chi connectivity index (χ3n) is 2.95. The largest absolute Gasteiger partial charge is 0.481 e. The van der Waals surface area contributed by atoms with Crippen LogP contribution < -0.4 is 10.6 Å². The molecule has 0 aliphatic heterocycles. The maximum atomic E-state index is 12.3. The molecule has 0 heterocycles. The second-order valence-electron chi connectivity index (χ2n) is 4.87. The van der Waals surface area contributed by atoms with Crippen molar-refractivity contribution in [2.24, 2.45) is 0 Å². The van der Waals surface area contributed by atoms with Crippen LogP contribution in [0.5, 0.6) is 0 Å². The van der Waals surface area contributed by atoms with Gasteiger partial charge in [0.05, 0.1) is 17.0 Å². The third kappa shape index (κ3) is 5.75. The van der Waals surface area contributed by atoms with E-state index in [1.165, 1.54) is 18.3 Å². The number of amides is 2. The Morgan fingerprint density at radius 3 is 2.40 bits per heavy atom. The molecule has 9 nitrogen and oxygen atoms in total. The summed E-state index contributed by atoms with van der Waals surface area (Å²) in [5.41, 5.74) is -0.152. The van der Waals surface area contributed by atoms with Crippen LogP contribution in [0.2, 0.25) is 0 Å². The summed E-state index contributed by atoms with van der Waals surface area (Å²) >= 11 is 0. The van der Waals surface area contributed by atoms with Crippen LogP contribution in [0.15, 0.2) is 18.2 Å². The molecule has 0 aliphatic rings. The van der Waals surface area contributed by atoms with Gasteiger partial charge in [0.25, 0.3) is 5.69 Å². The van der Waals surface area contributed by atoms with Gasteiger partial charge in [-0.25, -0.2) is 0 Å². The van der Waals surface area contributed by atoms with E-state index in [2.05, 4.69) is 5.32 Å². The van der Waals surface area contributed by atoms with E-state index in [-0.39, 0.29) is 5.69 Å². The number of carboxylic acids is 1. The Kier molecular flexibility index (Phi) is 6.03. The number of rotatable bonds is 6. The van der Waals surface area contributed by atoms with E-state index in [4.69, 9.17) is 5.11 Å². The van der Waals surface area contributed by atoms with Gasteiger partial charge in [-0.05, 0) is 12.5 Å². The number of hydrogen-bond donors (Lipinski definition) is 3. The van der Waals surface area contributed by atoms with Crippen molar-refractivity contribution in [2.75, 3.05) is 5.32 Å². The second-order valence-corrected chi connectivity index (χ2v) is 4.87. The molecule has 0 spiro atoms. The number of carboxylic acid groups (broad SMARTS) is 1. The molecule has 136 valence electrons. The Morgan fingerprint density at radius 1 is 1.32 bits per heavy atom. The number of carbonyl (C=O) groups is 3. The molecule has 0 radical (unpaired) electrons. The number of aliphatic carboxylic acids is 1. The van der Waals surface area contributed by atoms with Crippen molar-refractivity contribution in [3.05, 3.63) is 33.9 Å². The van der Waals surface area contributed by atoms with Gasteiger partial charge in [-0.3, -0.25) is 24.5 Å². The summed E-state index contributed by atoms with van der Waals surface area (Å²) in [5, 5.41) is 22.8. The molecule has 1 atom stereocenters. The quantitative estimate of drug-likeness (QED) is 0.515. The van der Waals surface area contributed by atoms with Gasteiger partial charge in [0.15, 0.2) is 0 Å². The first-order chi connectivity index (χ1) is 11.4. The van der Waals surface area contributed by atoms with Gasteiger partial charge < -0.3 is 15.7 Å². The molecule has 3 N–H and O–H groups in total. The Hall–Kier alpha value is -3.18. The van der Waals surface area contributed by atoms with Crippen LogP contribution in [0.25, 0.3) is 0 Å². The zero-order valence-electron chi connectivity index (χ0n) is 12.6. The molecule has 0 saturated carbocycles. The molecule has 1 aromatic carbocycles. The van der Waals surface area contributed by atoms with E-state index < -0.39 is 47.0 Å². The topological polar surface area (TPSA) is 139 Å². The van der Waals surface area contributed by atoms with E-state index in [1.54, 1.807) is 0 Å². The number of nitrogens with one attached hydrogen (secondary N) is 2. The molecule has 25 heavy (non-hydrogen) atoms. The van der Waals surface area contributed by atoms with Gasteiger partial charge in [0.2, 0.25) is 5.91 Å². The third-order valence-corrected chi connectivity index (χ3v) is 2.95. The van der Waals surface area contributed by atoms with Gasteiger partial charge in [0.1, 0.15) is 6.04 Å². The van der Waals surface area contributed by atoms with Gasteiger partial charge in [-0.15, -0.1) is 0 Å². The number of hydrogen-bond acceptors (Lipinski definition) is 5. The number of alkyl halides is 3. The van der Waals surface area contributed by atoms with Crippen LogP contribution in [0, 0.1) is 17.0 Å². The summed E-state index contributed by atoms with van der Waals surface area (Å²) in [6.07, 6.45) is -6.42. The number of nitro groups is 1. The molecule has 1 rings (SSSR count). The fourth-order valence-corrected chi connectivity index (χ4v) is 1.70. The van der Waals surface area contributed by atoms with Crippen molar-refractivity contribution in [1.82, 2.24) is 5.32 Å². The molecule has 1 unspecified atom stereocenters. The molecular weight excluding hydrogens is 351 g/mol. The average Bonchev–Trinajstić information content (AvgIpc) is 2.46. The number of aryl methyl sites for hydroxylation is 1. The Morgan fingerprint density at radius 2 is 1.92 bits per heavy atom. The van der Waals surface area contributed by atoms with E-state index in [0.717, 1.165) is 12.1 Å². The highest BCUT2D eigenvalue weighted by molar-refractivity contribution is 6.00. The molecule has 1 aromatic rings.